The minimum atomic E-state index is 0.0831. The highest BCUT2D eigenvalue weighted by atomic mass is 15.0. The zero-order chi connectivity index (χ0) is 32.2. The van der Waals surface area contributed by atoms with Crippen molar-refractivity contribution in [1.29, 1.82) is 0 Å². The molecule has 8 aromatic rings. The molecule has 0 saturated heterocycles. The van der Waals surface area contributed by atoms with E-state index in [1.165, 1.54) is 93.5 Å². The molecule has 228 valence electrons. The second kappa shape index (κ2) is 9.69. The molecule has 0 N–H and O–H groups in total. The predicted octanol–water partition coefficient (Wildman–Crippen LogP) is 13.0. The van der Waals surface area contributed by atoms with Gasteiger partial charge in [-0.05, 0) is 144 Å². The zero-order valence-corrected chi connectivity index (χ0v) is 28.1. The highest BCUT2D eigenvalue weighted by molar-refractivity contribution is 6.13. The van der Waals surface area contributed by atoms with Crippen LogP contribution in [0.3, 0.4) is 0 Å². The van der Waals surface area contributed by atoms with Crippen molar-refractivity contribution in [1.82, 2.24) is 4.57 Å². The second-order valence-corrected chi connectivity index (χ2v) is 15.6. The fourth-order valence-electron chi connectivity index (χ4n) is 7.60. The van der Waals surface area contributed by atoms with Crippen LogP contribution in [0.1, 0.15) is 52.7 Å². The van der Waals surface area contributed by atoms with Gasteiger partial charge in [-0.15, -0.1) is 0 Å². The summed E-state index contributed by atoms with van der Waals surface area (Å²) in [5.74, 6) is 0. The Balaban J connectivity index is 1.19. The minimum absolute atomic E-state index is 0.0831. The molecule has 0 bridgehead atoms. The van der Waals surface area contributed by atoms with E-state index in [2.05, 4.69) is 174 Å². The van der Waals surface area contributed by atoms with Crippen molar-refractivity contribution in [2.75, 3.05) is 0 Å². The summed E-state index contributed by atoms with van der Waals surface area (Å²) in [6.07, 6.45) is 0. The smallest absolute Gasteiger partial charge is 0.0541 e. The largest absolute Gasteiger partial charge is 0.309 e. The third-order valence-corrected chi connectivity index (χ3v) is 10.4. The summed E-state index contributed by atoms with van der Waals surface area (Å²) < 4.78 is 2.47. The first-order valence-electron chi connectivity index (χ1n) is 16.8. The van der Waals surface area contributed by atoms with Crippen LogP contribution in [0.5, 0.6) is 0 Å². The molecule has 0 atom stereocenters. The van der Waals surface area contributed by atoms with Crippen LogP contribution in [0.2, 0.25) is 0 Å². The summed E-state index contributed by atoms with van der Waals surface area (Å²) in [6, 6.07) is 48.2. The molecular weight excluding hydrogens is 567 g/mol. The lowest BCUT2D eigenvalue weighted by Gasteiger charge is -2.26. The summed E-state index contributed by atoms with van der Waals surface area (Å²) in [6.45, 7) is 13.8. The number of fused-ring (bicyclic) bond motifs is 9. The Hall–Kier alpha value is -5.14. The standard InChI is InChI=1S/C46H39N/c1-45(2,3)34-15-18-43-41(26-34)42-27-35(46(4,5)6)16-19-44(42)47(43)36-17-14-31-23-38-37-22-30-13-12-29(28-10-8-7-9-11-28)20-32(30)24-39(37)40(38)25-33(31)21-36/h7-27H,1-6H3. The molecule has 1 heteroatoms. The van der Waals surface area contributed by atoms with E-state index in [9.17, 15) is 0 Å². The number of benzene rings is 7. The van der Waals surface area contributed by atoms with Gasteiger partial charge in [0.1, 0.15) is 0 Å². The van der Waals surface area contributed by atoms with Crippen molar-refractivity contribution in [2.45, 2.75) is 52.4 Å². The molecule has 0 fully saturated rings. The van der Waals surface area contributed by atoms with Gasteiger partial charge < -0.3 is 4.57 Å². The molecule has 9 rings (SSSR count). The highest BCUT2D eigenvalue weighted by Crippen LogP contribution is 2.51. The first-order valence-corrected chi connectivity index (χ1v) is 16.8. The van der Waals surface area contributed by atoms with Crippen LogP contribution in [-0.4, -0.2) is 4.57 Å². The van der Waals surface area contributed by atoms with Gasteiger partial charge in [-0.3, -0.25) is 0 Å². The molecule has 0 aliphatic heterocycles. The number of aromatic nitrogens is 1. The molecule has 1 aliphatic carbocycles. The first kappa shape index (κ1) is 28.1. The Morgan fingerprint density at radius 2 is 0.872 bits per heavy atom. The topological polar surface area (TPSA) is 4.93 Å². The van der Waals surface area contributed by atoms with Crippen LogP contribution in [-0.2, 0) is 10.8 Å². The maximum Gasteiger partial charge on any atom is 0.0541 e. The van der Waals surface area contributed by atoms with Gasteiger partial charge in [-0.1, -0.05) is 102 Å². The van der Waals surface area contributed by atoms with Gasteiger partial charge >= 0.3 is 0 Å². The van der Waals surface area contributed by atoms with Gasteiger partial charge in [0.15, 0.2) is 0 Å². The molecule has 0 amide bonds. The van der Waals surface area contributed by atoms with Gasteiger partial charge in [0.25, 0.3) is 0 Å². The summed E-state index contributed by atoms with van der Waals surface area (Å²) in [7, 11) is 0. The number of hydrogen-bond donors (Lipinski definition) is 0. The number of hydrogen-bond acceptors (Lipinski definition) is 0. The number of rotatable bonds is 2. The second-order valence-electron chi connectivity index (χ2n) is 15.6. The van der Waals surface area contributed by atoms with E-state index in [4.69, 9.17) is 0 Å². The molecule has 47 heavy (non-hydrogen) atoms. The molecular formula is C46H39N. The van der Waals surface area contributed by atoms with E-state index < -0.39 is 0 Å². The molecule has 1 aliphatic rings. The lowest BCUT2D eigenvalue weighted by Crippen LogP contribution is -2.10. The molecule has 0 saturated carbocycles. The van der Waals surface area contributed by atoms with Crippen molar-refractivity contribution in [3.05, 3.63) is 139 Å². The maximum atomic E-state index is 2.47. The molecule has 0 spiro atoms. The summed E-state index contributed by atoms with van der Waals surface area (Å²) in [4.78, 5) is 0. The van der Waals surface area contributed by atoms with Crippen LogP contribution in [0, 0.1) is 0 Å². The van der Waals surface area contributed by atoms with Gasteiger partial charge in [0.2, 0.25) is 0 Å². The Labute approximate surface area is 277 Å². The van der Waals surface area contributed by atoms with Crippen LogP contribution < -0.4 is 0 Å². The predicted molar refractivity (Wildman–Crippen MR) is 203 cm³/mol. The third kappa shape index (κ3) is 4.37. The average Bonchev–Trinajstić information content (AvgIpc) is 3.39. The third-order valence-electron chi connectivity index (χ3n) is 10.4. The average molecular weight is 606 g/mol. The fraction of sp³-hybridized carbons (Fsp3) is 0.174. The van der Waals surface area contributed by atoms with Crippen molar-refractivity contribution in [2.24, 2.45) is 0 Å². The highest BCUT2D eigenvalue weighted by Gasteiger charge is 2.25. The molecule has 1 heterocycles. The van der Waals surface area contributed by atoms with E-state index in [0.717, 1.165) is 0 Å². The summed E-state index contributed by atoms with van der Waals surface area (Å²) in [5.41, 5.74) is 14.6. The molecule has 0 radical (unpaired) electrons. The van der Waals surface area contributed by atoms with Crippen LogP contribution in [0.4, 0.5) is 0 Å². The van der Waals surface area contributed by atoms with Crippen LogP contribution in [0.25, 0.3) is 82.4 Å². The summed E-state index contributed by atoms with van der Waals surface area (Å²) >= 11 is 0. The van der Waals surface area contributed by atoms with Crippen molar-refractivity contribution < 1.29 is 0 Å². The van der Waals surface area contributed by atoms with E-state index >= 15 is 0 Å². The monoisotopic (exact) mass is 605 g/mol. The lowest BCUT2D eigenvalue weighted by molar-refractivity contribution is 0.590. The van der Waals surface area contributed by atoms with E-state index in [-0.39, 0.29) is 10.8 Å². The molecule has 7 aromatic carbocycles. The van der Waals surface area contributed by atoms with Crippen molar-refractivity contribution >= 4 is 43.4 Å². The van der Waals surface area contributed by atoms with Gasteiger partial charge in [0, 0.05) is 16.5 Å². The van der Waals surface area contributed by atoms with Crippen LogP contribution in [0.15, 0.2) is 127 Å². The Morgan fingerprint density at radius 3 is 1.40 bits per heavy atom. The zero-order valence-electron chi connectivity index (χ0n) is 28.1. The molecule has 1 aromatic heterocycles. The quantitative estimate of drug-likeness (QED) is 0.185. The molecule has 1 nitrogen and oxygen atoms in total. The molecule has 0 unspecified atom stereocenters. The van der Waals surface area contributed by atoms with Gasteiger partial charge in [0.05, 0.1) is 11.0 Å². The minimum Gasteiger partial charge on any atom is -0.309 e. The SMILES string of the molecule is CC(C)(C)c1ccc2c(c1)c1cc(C(C)(C)C)ccc1n2-c1ccc2cc3c(cc2c1)-c1cc2cc(-c4ccccc4)ccc2cc1-3. The van der Waals surface area contributed by atoms with Crippen molar-refractivity contribution in [3.8, 4) is 39.1 Å². The van der Waals surface area contributed by atoms with E-state index in [1.54, 1.807) is 0 Å². The van der Waals surface area contributed by atoms with Crippen LogP contribution >= 0.6 is 0 Å². The summed E-state index contributed by atoms with van der Waals surface area (Å²) in [5, 5.41) is 7.79. The van der Waals surface area contributed by atoms with E-state index in [1.807, 2.05) is 0 Å². The Kier molecular flexibility index (Phi) is 5.79. The van der Waals surface area contributed by atoms with Gasteiger partial charge in [-0.25, -0.2) is 0 Å². The van der Waals surface area contributed by atoms with Crippen molar-refractivity contribution in [3.63, 3.8) is 0 Å². The Morgan fingerprint density at radius 1 is 0.383 bits per heavy atom. The van der Waals surface area contributed by atoms with Gasteiger partial charge in [-0.2, -0.15) is 0 Å². The maximum absolute atomic E-state index is 2.47. The number of nitrogens with zero attached hydrogens (tertiary/aromatic N) is 1. The normalized spacial score (nSPS) is 12.9. The lowest BCUT2D eigenvalue weighted by atomic mass is 9.77. The fourth-order valence-corrected chi connectivity index (χ4v) is 7.60. The van der Waals surface area contributed by atoms with E-state index in [0.29, 0.717) is 0 Å². The first-order chi connectivity index (χ1) is 22.5. The Bertz CT molecular complexity index is 2490.